The molecule has 6 heteroatoms. The van der Waals surface area contributed by atoms with Gasteiger partial charge in [0, 0.05) is 25.2 Å². The average Bonchev–Trinajstić information content (AvgIpc) is 2.90. The van der Waals surface area contributed by atoms with Crippen molar-refractivity contribution >= 4 is 11.8 Å². The fourth-order valence-corrected chi connectivity index (χ4v) is 4.50. The highest BCUT2D eigenvalue weighted by molar-refractivity contribution is 5.97. The lowest BCUT2D eigenvalue weighted by Gasteiger charge is -2.32. The minimum Gasteiger partial charge on any atom is -0.493 e. The van der Waals surface area contributed by atoms with E-state index in [1.54, 1.807) is 19.1 Å². The summed E-state index contributed by atoms with van der Waals surface area (Å²) in [4.78, 5) is 30.4. The maximum Gasteiger partial charge on any atom is 0.254 e. The summed E-state index contributed by atoms with van der Waals surface area (Å²) in [7, 11) is 3.23. The van der Waals surface area contributed by atoms with Gasteiger partial charge in [-0.1, -0.05) is 48.5 Å². The Morgan fingerprint density at radius 2 is 1.57 bits per heavy atom. The fourth-order valence-electron chi connectivity index (χ4n) is 4.50. The number of methoxy groups -OCH3 is 2. The largest absolute Gasteiger partial charge is 0.493 e. The first-order valence-corrected chi connectivity index (χ1v) is 11.9. The van der Waals surface area contributed by atoms with Crippen LogP contribution in [-0.2, 0) is 24.2 Å². The number of nitrogens with zero attached hydrogens (tertiary/aromatic N) is 2. The number of hydrogen-bond donors (Lipinski definition) is 0. The highest BCUT2D eigenvalue weighted by Gasteiger charge is 2.26. The SMILES string of the molecule is COc1cc2c(cc1OC)CN(C(=O)CN(CCc1ccccc1)C(=O)c1ccccc1C)CC2. The molecule has 0 bridgehead atoms. The molecular weight excluding hydrogens is 440 g/mol. The van der Waals surface area contributed by atoms with E-state index in [1.807, 2.05) is 78.6 Å². The van der Waals surface area contributed by atoms with E-state index in [9.17, 15) is 9.59 Å². The van der Waals surface area contributed by atoms with E-state index in [0.717, 1.165) is 28.7 Å². The zero-order valence-electron chi connectivity index (χ0n) is 20.6. The number of benzene rings is 3. The van der Waals surface area contributed by atoms with Crippen molar-refractivity contribution in [2.24, 2.45) is 0 Å². The van der Waals surface area contributed by atoms with Crippen LogP contribution in [0.4, 0.5) is 0 Å². The third-order valence-electron chi connectivity index (χ3n) is 6.57. The van der Waals surface area contributed by atoms with Crippen LogP contribution in [0.3, 0.4) is 0 Å². The first-order chi connectivity index (χ1) is 17.0. The van der Waals surface area contributed by atoms with Crippen LogP contribution >= 0.6 is 0 Å². The summed E-state index contributed by atoms with van der Waals surface area (Å²) in [5.74, 6) is 1.18. The van der Waals surface area contributed by atoms with Gasteiger partial charge in [-0.05, 0) is 60.2 Å². The van der Waals surface area contributed by atoms with E-state index in [-0.39, 0.29) is 18.4 Å². The highest BCUT2D eigenvalue weighted by Crippen LogP contribution is 2.33. The quantitative estimate of drug-likeness (QED) is 0.491. The summed E-state index contributed by atoms with van der Waals surface area (Å²) >= 11 is 0. The van der Waals surface area contributed by atoms with Crippen molar-refractivity contribution in [2.45, 2.75) is 26.3 Å². The van der Waals surface area contributed by atoms with Crippen molar-refractivity contribution < 1.29 is 19.1 Å². The molecule has 1 heterocycles. The molecule has 3 aromatic rings. The Kier molecular flexibility index (Phi) is 7.70. The number of ether oxygens (including phenoxy) is 2. The summed E-state index contributed by atoms with van der Waals surface area (Å²) in [5, 5.41) is 0. The second-order valence-corrected chi connectivity index (χ2v) is 8.82. The van der Waals surface area contributed by atoms with Crippen molar-refractivity contribution in [2.75, 3.05) is 33.9 Å². The number of carbonyl (C=O) groups excluding carboxylic acids is 2. The number of aryl methyl sites for hydroxylation is 1. The molecule has 0 saturated heterocycles. The van der Waals surface area contributed by atoms with Gasteiger partial charge in [0.25, 0.3) is 5.91 Å². The summed E-state index contributed by atoms with van der Waals surface area (Å²) in [6.07, 6.45) is 1.42. The molecule has 0 radical (unpaired) electrons. The zero-order chi connectivity index (χ0) is 24.8. The Bertz CT molecular complexity index is 1190. The van der Waals surface area contributed by atoms with E-state index in [1.165, 1.54) is 0 Å². The van der Waals surface area contributed by atoms with Crippen molar-refractivity contribution in [3.8, 4) is 11.5 Å². The van der Waals surface area contributed by atoms with Gasteiger partial charge in [0.1, 0.15) is 6.54 Å². The molecule has 35 heavy (non-hydrogen) atoms. The van der Waals surface area contributed by atoms with Gasteiger partial charge in [-0.15, -0.1) is 0 Å². The van der Waals surface area contributed by atoms with Crippen molar-refractivity contribution in [1.29, 1.82) is 0 Å². The molecule has 0 aliphatic carbocycles. The summed E-state index contributed by atoms with van der Waals surface area (Å²) in [6, 6.07) is 21.5. The van der Waals surface area contributed by atoms with Gasteiger partial charge in [0.2, 0.25) is 5.91 Å². The molecule has 0 atom stereocenters. The fraction of sp³-hybridized carbons (Fsp3) is 0.310. The number of carbonyl (C=O) groups is 2. The molecule has 182 valence electrons. The lowest BCUT2D eigenvalue weighted by atomic mass is 9.98. The van der Waals surface area contributed by atoms with Crippen LogP contribution in [0, 0.1) is 6.92 Å². The van der Waals surface area contributed by atoms with Crippen LogP contribution in [0.25, 0.3) is 0 Å². The second kappa shape index (κ2) is 11.1. The van der Waals surface area contributed by atoms with Gasteiger partial charge in [-0.25, -0.2) is 0 Å². The highest BCUT2D eigenvalue weighted by atomic mass is 16.5. The Morgan fingerprint density at radius 3 is 2.26 bits per heavy atom. The molecular formula is C29H32N2O4. The van der Waals surface area contributed by atoms with Gasteiger partial charge in [-0.2, -0.15) is 0 Å². The van der Waals surface area contributed by atoms with E-state index < -0.39 is 0 Å². The molecule has 1 aliphatic rings. The van der Waals surface area contributed by atoms with Crippen LogP contribution < -0.4 is 9.47 Å². The smallest absolute Gasteiger partial charge is 0.254 e. The lowest BCUT2D eigenvalue weighted by Crippen LogP contribution is -2.45. The molecule has 2 amide bonds. The first-order valence-electron chi connectivity index (χ1n) is 11.9. The van der Waals surface area contributed by atoms with E-state index in [0.29, 0.717) is 43.1 Å². The van der Waals surface area contributed by atoms with Gasteiger partial charge >= 0.3 is 0 Å². The standard InChI is InChI=1S/C29H32N2O4/c1-21-9-7-8-12-25(21)29(33)31(15-13-22-10-5-4-6-11-22)20-28(32)30-16-14-23-17-26(34-2)27(35-3)18-24(23)19-30/h4-12,17-18H,13-16,19-20H2,1-3H3. The van der Waals surface area contributed by atoms with E-state index in [4.69, 9.17) is 9.47 Å². The maximum absolute atomic E-state index is 13.5. The number of hydrogen-bond acceptors (Lipinski definition) is 4. The number of fused-ring (bicyclic) bond motifs is 1. The summed E-state index contributed by atoms with van der Waals surface area (Å²) in [5.41, 5.74) is 4.87. The topological polar surface area (TPSA) is 59.1 Å². The molecule has 0 aromatic heterocycles. The van der Waals surface area contributed by atoms with Gasteiger partial charge in [0.15, 0.2) is 11.5 Å². The maximum atomic E-state index is 13.5. The van der Waals surface area contributed by atoms with E-state index in [2.05, 4.69) is 0 Å². The average molecular weight is 473 g/mol. The molecule has 1 aliphatic heterocycles. The number of rotatable bonds is 8. The molecule has 0 unspecified atom stereocenters. The van der Waals surface area contributed by atoms with Crippen molar-refractivity contribution in [3.63, 3.8) is 0 Å². The molecule has 0 N–H and O–H groups in total. The summed E-state index contributed by atoms with van der Waals surface area (Å²) in [6.45, 7) is 3.53. The molecule has 0 saturated carbocycles. The Balaban J connectivity index is 1.51. The number of amides is 2. The van der Waals surface area contributed by atoms with Crippen molar-refractivity contribution in [1.82, 2.24) is 9.80 Å². The van der Waals surface area contributed by atoms with E-state index >= 15 is 0 Å². The molecule has 6 nitrogen and oxygen atoms in total. The van der Waals surface area contributed by atoms with Crippen LogP contribution in [0.5, 0.6) is 11.5 Å². The van der Waals surface area contributed by atoms with Crippen molar-refractivity contribution in [3.05, 3.63) is 94.5 Å². The second-order valence-electron chi connectivity index (χ2n) is 8.82. The Labute approximate surface area is 207 Å². The minimum atomic E-state index is -0.115. The van der Waals surface area contributed by atoms with Crippen LogP contribution in [0.2, 0.25) is 0 Å². The minimum absolute atomic E-state index is 0.0443. The third-order valence-corrected chi connectivity index (χ3v) is 6.57. The molecule has 3 aromatic carbocycles. The molecule has 0 fully saturated rings. The Morgan fingerprint density at radius 1 is 0.914 bits per heavy atom. The predicted octanol–water partition coefficient (Wildman–Crippen LogP) is 4.28. The van der Waals surface area contributed by atoms with Gasteiger partial charge < -0.3 is 19.3 Å². The molecule has 0 spiro atoms. The monoisotopic (exact) mass is 472 g/mol. The van der Waals surface area contributed by atoms with Gasteiger partial charge in [-0.3, -0.25) is 9.59 Å². The van der Waals surface area contributed by atoms with Crippen LogP contribution in [0.15, 0.2) is 66.7 Å². The summed E-state index contributed by atoms with van der Waals surface area (Å²) < 4.78 is 10.9. The van der Waals surface area contributed by atoms with Crippen LogP contribution in [0.1, 0.15) is 32.6 Å². The molecule has 4 rings (SSSR count). The third kappa shape index (κ3) is 5.65. The zero-order valence-corrected chi connectivity index (χ0v) is 20.6. The van der Waals surface area contributed by atoms with Crippen LogP contribution in [-0.4, -0.2) is 55.5 Å². The Hall–Kier alpha value is -3.80. The van der Waals surface area contributed by atoms with Gasteiger partial charge in [0.05, 0.1) is 14.2 Å². The lowest BCUT2D eigenvalue weighted by molar-refractivity contribution is -0.132. The first kappa shape index (κ1) is 24.3. The predicted molar refractivity (Wildman–Crippen MR) is 136 cm³/mol. The normalized spacial score (nSPS) is 12.6.